The highest BCUT2D eigenvalue weighted by Crippen LogP contribution is 2.32. The van der Waals surface area contributed by atoms with Crippen LogP contribution in [0.15, 0.2) is 54.4 Å². The topological polar surface area (TPSA) is 62.7 Å². The van der Waals surface area contributed by atoms with Gasteiger partial charge in [-0.05, 0) is 56.4 Å². The predicted octanol–water partition coefficient (Wildman–Crippen LogP) is 4.41. The maximum Gasteiger partial charge on any atom is 0.410 e. The fourth-order valence-corrected chi connectivity index (χ4v) is 3.43. The number of benzene rings is 1. The van der Waals surface area contributed by atoms with E-state index in [9.17, 15) is 9.90 Å². The van der Waals surface area contributed by atoms with Crippen LogP contribution in [-0.4, -0.2) is 39.8 Å². The molecule has 0 saturated carbocycles. The molecule has 28 heavy (non-hydrogen) atoms. The van der Waals surface area contributed by atoms with E-state index in [4.69, 9.17) is 4.74 Å². The minimum atomic E-state index is -0.487. The summed E-state index contributed by atoms with van der Waals surface area (Å²) in [5.41, 5.74) is 4.87. The molecule has 1 N–H and O–H groups in total. The van der Waals surface area contributed by atoms with Crippen molar-refractivity contribution in [2.45, 2.75) is 45.8 Å². The maximum atomic E-state index is 12.4. The quantitative estimate of drug-likeness (QED) is 0.857. The largest absolute Gasteiger partial charge is 0.444 e. The molecule has 0 unspecified atom stereocenters. The molecule has 1 aliphatic rings. The first-order valence-corrected chi connectivity index (χ1v) is 9.68. The van der Waals surface area contributed by atoms with E-state index in [0.29, 0.717) is 13.1 Å². The molecule has 5 nitrogen and oxygen atoms in total. The number of carbonyl (C=O) groups is 1. The first-order chi connectivity index (χ1) is 13.4. The monoisotopic (exact) mass is 380 g/mol. The summed E-state index contributed by atoms with van der Waals surface area (Å²) in [5, 5.41) is 9.50. The van der Waals surface area contributed by atoms with E-state index < -0.39 is 5.60 Å². The molecule has 1 amide bonds. The summed E-state index contributed by atoms with van der Waals surface area (Å²) in [6.07, 6.45) is 4.84. The first kappa shape index (κ1) is 20.1. The van der Waals surface area contributed by atoms with Gasteiger partial charge in [-0.25, -0.2) is 4.79 Å². The molecule has 1 saturated heterocycles. The van der Waals surface area contributed by atoms with Crippen LogP contribution in [0.25, 0.3) is 5.57 Å². The number of aliphatic hydroxyl groups excluding tert-OH is 1. The van der Waals surface area contributed by atoms with E-state index in [0.717, 1.165) is 35.1 Å². The Labute approximate surface area is 166 Å². The van der Waals surface area contributed by atoms with Crippen LogP contribution in [0.4, 0.5) is 4.79 Å². The van der Waals surface area contributed by atoms with Crippen LogP contribution in [0.1, 0.15) is 50.3 Å². The average Bonchev–Trinajstić information content (AvgIpc) is 2.68. The molecule has 1 fully saturated rings. The summed E-state index contributed by atoms with van der Waals surface area (Å²) in [6, 6.07) is 12.2. The van der Waals surface area contributed by atoms with E-state index in [1.807, 2.05) is 51.2 Å². The van der Waals surface area contributed by atoms with Crippen LogP contribution < -0.4 is 0 Å². The lowest BCUT2D eigenvalue weighted by molar-refractivity contribution is 0.0236. The maximum absolute atomic E-state index is 12.4. The molecule has 1 aliphatic heterocycles. The van der Waals surface area contributed by atoms with Gasteiger partial charge in [0.15, 0.2) is 0 Å². The standard InChI is InChI=1S/C23H28N2O3/c1-23(2,3)28-22(27)25-11-9-19(10-12-25)21(18-7-5-4-6-8-18)20-13-17(16-26)14-24-15-20/h4-8,13-15,26H,9-12,16H2,1-3H3. The average molecular weight is 380 g/mol. The SMILES string of the molecule is CC(C)(C)OC(=O)N1CCC(=C(c2ccccc2)c2cncc(CO)c2)CC1. The lowest BCUT2D eigenvalue weighted by Gasteiger charge is -2.32. The number of amides is 1. The highest BCUT2D eigenvalue weighted by atomic mass is 16.6. The van der Waals surface area contributed by atoms with Crippen molar-refractivity contribution in [2.75, 3.05) is 13.1 Å². The minimum absolute atomic E-state index is 0.0370. The van der Waals surface area contributed by atoms with Gasteiger partial charge in [-0.3, -0.25) is 4.98 Å². The van der Waals surface area contributed by atoms with E-state index in [1.165, 1.54) is 5.57 Å². The first-order valence-electron chi connectivity index (χ1n) is 9.68. The second kappa shape index (κ2) is 8.57. The van der Waals surface area contributed by atoms with Gasteiger partial charge in [-0.1, -0.05) is 35.9 Å². The number of likely N-dealkylation sites (tertiary alicyclic amines) is 1. The number of rotatable bonds is 3. The normalized spacial score (nSPS) is 14.7. The molecule has 3 rings (SSSR count). The molecule has 0 radical (unpaired) electrons. The number of piperidine rings is 1. The Morgan fingerprint density at radius 3 is 2.39 bits per heavy atom. The lowest BCUT2D eigenvalue weighted by Crippen LogP contribution is -2.40. The van der Waals surface area contributed by atoms with Crippen LogP contribution in [0.3, 0.4) is 0 Å². The van der Waals surface area contributed by atoms with Crippen LogP contribution in [-0.2, 0) is 11.3 Å². The van der Waals surface area contributed by atoms with E-state index in [2.05, 4.69) is 17.1 Å². The molecule has 2 aromatic rings. The highest BCUT2D eigenvalue weighted by Gasteiger charge is 2.26. The third kappa shape index (κ3) is 4.98. The van der Waals surface area contributed by atoms with Crippen molar-refractivity contribution < 1.29 is 14.6 Å². The number of carbonyl (C=O) groups excluding carboxylic acids is 1. The number of pyridine rings is 1. The number of nitrogens with zero attached hydrogens (tertiary/aromatic N) is 2. The van der Waals surface area contributed by atoms with E-state index in [1.54, 1.807) is 11.1 Å². The van der Waals surface area contributed by atoms with Crippen LogP contribution in [0, 0.1) is 0 Å². The van der Waals surface area contributed by atoms with Crippen molar-refractivity contribution >= 4 is 11.7 Å². The number of aromatic nitrogens is 1. The molecule has 1 aromatic carbocycles. The van der Waals surface area contributed by atoms with Gasteiger partial charge in [0.1, 0.15) is 5.60 Å². The fraction of sp³-hybridized carbons (Fsp3) is 0.391. The van der Waals surface area contributed by atoms with Gasteiger partial charge in [-0.15, -0.1) is 0 Å². The summed E-state index contributed by atoms with van der Waals surface area (Å²) in [5.74, 6) is 0. The molecule has 1 aromatic heterocycles. The Hall–Kier alpha value is -2.66. The molecule has 0 spiro atoms. The third-order valence-corrected chi connectivity index (χ3v) is 4.70. The summed E-state index contributed by atoms with van der Waals surface area (Å²) >= 11 is 0. The summed E-state index contributed by atoms with van der Waals surface area (Å²) in [6.45, 7) is 6.88. The van der Waals surface area contributed by atoms with Gasteiger partial charge in [0, 0.05) is 31.0 Å². The summed E-state index contributed by atoms with van der Waals surface area (Å²) < 4.78 is 5.51. The van der Waals surface area contributed by atoms with Gasteiger partial charge in [0.2, 0.25) is 0 Å². The van der Waals surface area contributed by atoms with Gasteiger partial charge in [0.05, 0.1) is 6.61 Å². The highest BCUT2D eigenvalue weighted by molar-refractivity contribution is 5.82. The second-order valence-corrected chi connectivity index (χ2v) is 8.05. The number of hydrogen-bond donors (Lipinski definition) is 1. The number of aliphatic hydroxyl groups is 1. The molecule has 5 heteroatoms. The van der Waals surface area contributed by atoms with Crippen molar-refractivity contribution in [3.05, 3.63) is 71.1 Å². The van der Waals surface area contributed by atoms with Crippen molar-refractivity contribution in [3.63, 3.8) is 0 Å². The van der Waals surface area contributed by atoms with Crippen LogP contribution >= 0.6 is 0 Å². The summed E-state index contributed by atoms with van der Waals surface area (Å²) in [4.78, 5) is 18.4. The smallest absolute Gasteiger partial charge is 0.410 e. The predicted molar refractivity (Wildman–Crippen MR) is 110 cm³/mol. The zero-order valence-corrected chi connectivity index (χ0v) is 16.8. The van der Waals surface area contributed by atoms with Crippen LogP contribution in [0.5, 0.6) is 0 Å². The zero-order valence-electron chi connectivity index (χ0n) is 16.8. The van der Waals surface area contributed by atoms with E-state index >= 15 is 0 Å². The molecule has 2 heterocycles. The van der Waals surface area contributed by atoms with Gasteiger partial charge < -0.3 is 14.7 Å². The third-order valence-electron chi connectivity index (χ3n) is 4.70. The molecular weight excluding hydrogens is 352 g/mol. The van der Waals surface area contributed by atoms with E-state index in [-0.39, 0.29) is 12.7 Å². The Kier molecular flexibility index (Phi) is 6.15. The molecule has 0 atom stereocenters. The fourth-order valence-electron chi connectivity index (χ4n) is 3.43. The Morgan fingerprint density at radius 2 is 1.79 bits per heavy atom. The van der Waals surface area contributed by atoms with Gasteiger partial charge in [-0.2, -0.15) is 0 Å². The molecule has 148 valence electrons. The Balaban J connectivity index is 1.89. The van der Waals surface area contributed by atoms with Gasteiger partial charge in [0.25, 0.3) is 0 Å². The molecular formula is C23H28N2O3. The number of hydrogen-bond acceptors (Lipinski definition) is 4. The second-order valence-electron chi connectivity index (χ2n) is 8.05. The van der Waals surface area contributed by atoms with Crippen molar-refractivity contribution in [2.24, 2.45) is 0 Å². The zero-order chi connectivity index (χ0) is 20.1. The van der Waals surface area contributed by atoms with Crippen LogP contribution in [0.2, 0.25) is 0 Å². The minimum Gasteiger partial charge on any atom is -0.444 e. The molecule has 0 bridgehead atoms. The van der Waals surface area contributed by atoms with Crippen molar-refractivity contribution in [1.82, 2.24) is 9.88 Å². The van der Waals surface area contributed by atoms with Crippen molar-refractivity contribution in [3.8, 4) is 0 Å². The molecule has 0 aliphatic carbocycles. The van der Waals surface area contributed by atoms with Gasteiger partial charge >= 0.3 is 6.09 Å². The van der Waals surface area contributed by atoms with Crippen molar-refractivity contribution in [1.29, 1.82) is 0 Å². The Bertz CT molecular complexity index is 844. The Morgan fingerprint density at radius 1 is 1.11 bits per heavy atom. The lowest BCUT2D eigenvalue weighted by atomic mass is 9.89. The summed E-state index contributed by atoms with van der Waals surface area (Å²) in [7, 11) is 0. The number of ether oxygens (including phenoxy) is 1.